The molecule has 1 amide bonds. The largest absolute Gasteiger partial charge is 0.493 e. The highest BCUT2D eigenvalue weighted by molar-refractivity contribution is 6.30. The zero-order chi connectivity index (χ0) is 14.5. The molecule has 2 N–H and O–H groups in total. The van der Waals surface area contributed by atoms with Gasteiger partial charge in [0.2, 0.25) is 5.91 Å². The van der Waals surface area contributed by atoms with Crippen molar-refractivity contribution < 1.29 is 19.4 Å². The zero-order valence-corrected chi connectivity index (χ0v) is 11.7. The Labute approximate surface area is 121 Å². The average molecular weight is 298 g/mol. The second-order valence-corrected chi connectivity index (χ2v) is 5.12. The van der Waals surface area contributed by atoms with Crippen molar-refractivity contribution in [3.05, 3.63) is 28.8 Å². The molecule has 0 aromatic heterocycles. The number of carbonyl (C=O) groups excluding carboxylic acids is 1. The van der Waals surface area contributed by atoms with E-state index < -0.39 is 5.97 Å². The first-order valence-corrected chi connectivity index (χ1v) is 6.87. The van der Waals surface area contributed by atoms with Crippen LogP contribution in [0.1, 0.15) is 37.3 Å². The number of rotatable bonds is 4. The summed E-state index contributed by atoms with van der Waals surface area (Å²) in [5.74, 6) is -0.560. The van der Waals surface area contributed by atoms with E-state index in [1.807, 2.05) is 6.07 Å². The molecule has 6 heteroatoms. The fraction of sp³-hybridized carbons (Fsp3) is 0.429. The predicted octanol–water partition coefficient (Wildman–Crippen LogP) is 2.53. The maximum absolute atomic E-state index is 11.8. The summed E-state index contributed by atoms with van der Waals surface area (Å²) in [5, 5.41) is 12.0. The number of carbonyl (C=O) groups is 2. The standard InChI is InChI=1S/C14H16ClNO4/c15-9-3-4-10-11(2-1-7-20-12(10)8-9)16-13(17)5-6-14(18)19/h3-4,8,11H,1-2,5-7H2,(H,16,17)(H,18,19). The average Bonchev–Trinajstić information content (AvgIpc) is 2.58. The summed E-state index contributed by atoms with van der Waals surface area (Å²) in [6, 6.07) is 5.17. The Morgan fingerprint density at radius 3 is 2.95 bits per heavy atom. The molecule has 2 rings (SSSR count). The van der Waals surface area contributed by atoms with E-state index in [2.05, 4.69) is 5.32 Å². The van der Waals surface area contributed by atoms with Gasteiger partial charge in [-0.05, 0) is 25.0 Å². The van der Waals surface area contributed by atoms with Crippen LogP contribution >= 0.6 is 11.6 Å². The van der Waals surface area contributed by atoms with Gasteiger partial charge in [-0.2, -0.15) is 0 Å². The Balaban J connectivity index is 2.08. The number of nitrogens with one attached hydrogen (secondary N) is 1. The van der Waals surface area contributed by atoms with E-state index in [1.54, 1.807) is 12.1 Å². The summed E-state index contributed by atoms with van der Waals surface area (Å²) in [6.45, 7) is 0.578. The van der Waals surface area contributed by atoms with Crippen molar-refractivity contribution in [1.82, 2.24) is 5.32 Å². The molecule has 0 saturated heterocycles. The molecule has 0 bridgehead atoms. The number of halogens is 1. The minimum Gasteiger partial charge on any atom is -0.493 e. The Morgan fingerprint density at radius 1 is 1.40 bits per heavy atom. The summed E-state index contributed by atoms with van der Waals surface area (Å²) >= 11 is 5.94. The minimum atomic E-state index is -0.975. The first-order valence-electron chi connectivity index (χ1n) is 6.49. The van der Waals surface area contributed by atoms with Gasteiger partial charge in [-0.25, -0.2) is 0 Å². The van der Waals surface area contributed by atoms with Crippen molar-refractivity contribution in [2.45, 2.75) is 31.7 Å². The van der Waals surface area contributed by atoms with Crippen LogP contribution in [0.3, 0.4) is 0 Å². The van der Waals surface area contributed by atoms with E-state index >= 15 is 0 Å². The Morgan fingerprint density at radius 2 is 2.20 bits per heavy atom. The predicted molar refractivity (Wildman–Crippen MR) is 73.9 cm³/mol. The van der Waals surface area contributed by atoms with Crippen molar-refractivity contribution in [3.63, 3.8) is 0 Å². The second kappa shape index (κ2) is 6.61. The van der Waals surface area contributed by atoms with Crippen molar-refractivity contribution in [1.29, 1.82) is 0 Å². The van der Waals surface area contributed by atoms with Gasteiger partial charge in [0.25, 0.3) is 0 Å². The minimum absolute atomic E-state index is 0.0182. The second-order valence-electron chi connectivity index (χ2n) is 4.69. The van der Waals surface area contributed by atoms with Crippen LogP contribution in [0.5, 0.6) is 5.75 Å². The fourth-order valence-electron chi connectivity index (χ4n) is 2.18. The van der Waals surface area contributed by atoms with Crippen molar-refractivity contribution in [2.75, 3.05) is 6.61 Å². The monoisotopic (exact) mass is 297 g/mol. The molecular formula is C14H16ClNO4. The van der Waals surface area contributed by atoms with Gasteiger partial charge in [0.1, 0.15) is 5.75 Å². The molecule has 0 aliphatic carbocycles. The summed E-state index contributed by atoms with van der Waals surface area (Å²) in [6.07, 6.45) is 1.39. The van der Waals surface area contributed by atoms with E-state index in [-0.39, 0.29) is 24.8 Å². The molecule has 1 aromatic carbocycles. The lowest BCUT2D eigenvalue weighted by Crippen LogP contribution is -2.28. The van der Waals surface area contributed by atoms with Crippen LogP contribution in [0.4, 0.5) is 0 Å². The number of benzene rings is 1. The molecule has 1 heterocycles. The molecule has 0 radical (unpaired) electrons. The van der Waals surface area contributed by atoms with E-state index in [9.17, 15) is 9.59 Å². The molecule has 20 heavy (non-hydrogen) atoms. The van der Waals surface area contributed by atoms with Gasteiger partial charge < -0.3 is 15.2 Å². The first kappa shape index (κ1) is 14.7. The van der Waals surface area contributed by atoms with Crippen LogP contribution < -0.4 is 10.1 Å². The van der Waals surface area contributed by atoms with Crippen molar-refractivity contribution in [3.8, 4) is 5.75 Å². The van der Waals surface area contributed by atoms with Gasteiger partial charge in [-0.3, -0.25) is 9.59 Å². The van der Waals surface area contributed by atoms with E-state index in [4.69, 9.17) is 21.4 Å². The van der Waals surface area contributed by atoms with Gasteiger partial charge in [0.15, 0.2) is 0 Å². The Bertz CT molecular complexity index is 518. The molecule has 1 aliphatic rings. The lowest BCUT2D eigenvalue weighted by molar-refractivity contribution is -0.138. The van der Waals surface area contributed by atoms with Gasteiger partial charge in [-0.15, -0.1) is 0 Å². The molecule has 1 aliphatic heterocycles. The van der Waals surface area contributed by atoms with Gasteiger partial charge in [-0.1, -0.05) is 17.7 Å². The lowest BCUT2D eigenvalue weighted by atomic mass is 10.0. The highest BCUT2D eigenvalue weighted by Gasteiger charge is 2.21. The number of amides is 1. The number of hydrogen-bond donors (Lipinski definition) is 2. The van der Waals surface area contributed by atoms with Crippen LogP contribution in [-0.4, -0.2) is 23.6 Å². The third kappa shape index (κ3) is 3.87. The molecule has 1 aromatic rings. The number of hydrogen-bond acceptors (Lipinski definition) is 3. The van der Waals surface area contributed by atoms with E-state index in [1.165, 1.54) is 0 Å². The molecular weight excluding hydrogens is 282 g/mol. The summed E-state index contributed by atoms with van der Waals surface area (Å²) < 4.78 is 5.61. The number of ether oxygens (including phenoxy) is 1. The number of carboxylic acid groups (broad SMARTS) is 1. The number of carboxylic acids is 1. The SMILES string of the molecule is O=C(O)CCC(=O)NC1CCCOc2cc(Cl)ccc21. The molecule has 1 atom stereocenters. The number of aliphatic carboxylic acids is 1. The van der Waals surface area contributed by atoms with Gasteiger partial charge >= 0.3 is 5.97 Å². The Hall–Kier alpha value is -1.75. The Kier molecular flexibility index (Phi) is 4.84. The molecule has 0 saturated carbocycles. The molecule has 1 unspecified atom stereocenters. The summed E-state index contributed by atoms with van der Waals surface area (Å²) in [4.78, 5) is 22.2. The van der Waals surface area contributed by atoms with Crippen LogP contribution in [0.2, 0.25) is 5.02 Å². The third-order valence-electron chi connectivity index (χ3n) is 3.15. The maximum Gasteiger partial charge on any atom is 0.303 e. The van der Waals surface area contributed by atoms with E-state index in [0.717, 1.165) is 18.4 Å². The third-order valence-corrected chi connectivity index (χ3v) is 3.38. The summed E-state index contributed by atoms with van der Waals surface area (Å²) in [7, 11) is 0. The van der Waals surface area contributed by atoms with Crippen LogP contribution in [0.15, 0.2) is 18.2 Å². The number of fused-ring (bicyclic) bond motifs is 1. The normalized spacial score (nSPS) is 17.6. The highest BCUT2D eigenvalue weighted by atomic mass is 35.5. The van der Waals surface area contributed by atoms with Crippen LogP contribution in [-0.2, 0) is 9.59 Å². The van der Waals surface area contributed by atoms with Crippen molar-refractivity contribution in [2.24, 2.45) is 0 Å². The molecule has 5 nitrogen and oxygen atoms in total. The fourth-order valence-corrected chi connectivity index (χ4v) is 2.35. The molecule has 108 valence electrons. The zero-order valence-electron chi connectivity index (χ0n) is 10.9. The van der Waals surface area contributed by atoms with Crippen molar-refractivity contribution >= 4 is 23.5 Å². The molecule has 0 fully saturated rings. The lowest BCUT2D eigenvalue weighted by Gasteiger charge is -2.18. The topological polar surface area (TPSA) is 75.6 Å². The first-order chi connectivity index (χ1) is 9.56. The quantitative estimate of drug-likeness (QED) is 0.895. The highest BCUT2D eigenvalue weighted by Crippen LogP contribution is 2.33. The van der Waals surface area contributed by atoms with Crippen LogP contribution in [0.25, 0.3) is 0 Å². The smallest absolute Gasteiger partial charge is 0.303 e. The van der Waals surface area contributed by atoms with Gasteiger partial charge in [0.05, 0.1) is 19.1 Å². The summed E-state index contributed by atoms with van der Waals surface area (Å²) in [5.41, 5.74) is 0.885. The van der Waals surface area contributed by atoms with Gasteiger partial charge in [0, 0.05) is 17.0 Å². The van der Waals surface area contributed by atoms with Crippen LogP contribution in [0, 0.1) is 0 Å². The maximum atomic E-state index is 11.8. The van der Waals surface area contributed by atoms with E-state index in [0.29, 0.717) is 17.4 Å². The molecule has 0 spiro atoms.